The normalized spacial score (nSPS) is 10.8. The first-order valence-electron chi connectivity index (χ1n) is 6.92. The van der Waals surface area contributed by atoms with Crippen LogP contribution < -0.4 is 5.32 Å². The van der Waals surface area contributed by atoms with Crippen LogP contribution in [-0.4, -0.2) is 6.54 Å². The maximum atomic E-state index is 13.3. The Morgan fingerprint density at radius 2 is 2.00 bits per heavy atom. The van der Waals surface area contributed by atoms with Gasteiger partial charge in [-0.25, -0.2) is 4.39 Å². The van der Waals surface area contributed by atoms with Crippen LogP contribution >= 0.6 is 11.8 Å². The third kappa shape index (κ3) is 4.36. The number of hydrogen-bond donors (Lipinski definition) is 1. The molecule has 0 radical (unpaired) electrons. The van der Waals surface area contributed by atoms with Gasteiger partial charge in [-0.1, -0.05) is 42.4 Å². The van der Waals surface area contributed by atoms with Crippen molar-refractivity contribution >= 4 is 11.8 Å². The van der Waals surface area contributed by atoms with Crippen LogP contribution in [0.5, 0.6) is 0 Å². The Kier molecular flexibility index (Phi) is 5.62. The van der Waals surface area contributed by atoms with Crippen molar-refractivity contribution in [2.75, 3.05) is 6.54 Å². The number of rotatable bonds is 6. The second-order valence-corrected chi connectivity index (χ2v) is 5.96. The topological polar surface area (TPSA) is 12.0 Å². The highest BCUT2D eigenvalue weighted by Gasteiger charge is 2.05. The largest absolute Gasteiger partial charge is 0.313 e. The van der Waals surface area contributed by atoms with Crippen LogP contribution in [0.2, 0.25) is 0 Å². The van der Waals surface area contributed by atoms with Crippen molar-refractivity contribution in [3.05, 3.63) is 59.4 Å². The lowest BCUT2D eigenvalue weighted by molar-refractivity contribution is 0.624. The minimum atomic E-state index is -0.187. The SMILES string of the molecule is CCCNCc1cc(C)ccc1Sc1cccc(F)c1. The van der Waals surface area contributed by atoms with Gasteiger partial charge in [0.05, 0.1) is 0 Å². The highest BCUT2D eigenvalue weighted by atomic mass is 32.2. The molecule has 0 aliphatic rings. The molecule has 0 aliphatic heterocycles. The van der Waals surface area contributed by atoms with Crippen LogP contribution in [0.4, 0.5) is 4.39 Å². The smallest absolute Gasteiger partial charge is 0.124 e. The van der Waals surface area contributed by atoms with Crippen molar-refractivity contribution in [2.45, 2.75) is 36.6 Å². The third-order valence-corrected chi connectivity index (χ3v) is 4.09. The molecule has 3 heteroatoms. The van der Waals surface area contributed by atoms with Gasteiger partial charge in [-0.3, -0.25) is 0 Å². The Balaban J connectivity index is 2.17. The van der Waals surface area contributed by atoms with E-state index >= 15 is 0 Å². The molecule has 0 spiro atoms. The predicted octanol–water partition coefficient (Wildman–Crippen LogP) is 4.78. The molecule has 0 atom stereocenters. The van der Waals surface area contributed by atoms with Crippen molar-refractivity contribution in [2.24, 2.45) is 0 Å². The summed E-state index contributed by atoms with van der Waals surface area (Å²) in [4.78, 5) is 2.12. The average molecular weight is 289 g/mol. The van der Waals surface area contributed by atoms with E-state index in [9.17, 15) is 4.39 Å². The van der Waals surface area contributed by atoms with Crippen molar-refractivity contribution < 1.29 is 4.39 Å². The molecule has 1 nitrogen and oxygen atoms in total. The quantitative estimate of drug-likeness (QED) is 0.768. The average Bonchev–Trinajstić information content (AvgIpc) is 2.42. The number of aryl methyl sites for hydroxylation is 1. The highest BCUT2D eigenvalue weighted by Crippen LogP contribution is 2.31. The first-order valence-corrected chi connectivity index (χ1v) is 7.74. The van der Waals surface area contributed by atoms with Crippen molar-refractivity contribution in [1.82, 2.24) is 5.32 Å². The fourth-order valence-electron chi connectivity index (χ4n) is 2.00. The molecule has 0 saturated carbocycles. The Morgan fingerprint density at radius 1 is 1.15 bits per heavy atom. The Hall–Kier alpha value is -1.32. The first-order chi connectivity index (χ1) is 9.69. The maximum absolute atomic E-state index is 13.3. The maximum Gasteiger partial charge on any atom is 0.124 e. The van der Waals surface area contributed by atoms with Crippen LogP contribution in [0.1, 0.15) is 24.5 Å². The van der Waals surface area contributed by atoms with Gasteiger partial charge in [-0.2, -0.15) is 0 Å². The van der Waals surface area contributed by atoms with E-state index in [1.807, 2.05) is 6.07 Å². The van der Waals surface area contributed by atoms with Crippen molar-refractivity contribution in [3.63, 3.8) is 0 Å². The van der Waals surface area contributed by atoms with E-state index in [0.29, 0.717) is 0 Å². The van der Waals surface area contributed by atoms with Crippen LogP contribution in [0, 0.1) is 12.7 Å². The zero-order chi connectivity index (χ0) is 14.4. The van der Waals surface area contributed by atoms with Crippen molar-refractivity contribution in [3.8, 4) is 0 Å². The molecule has 0 amide bonds. The molecule has 20 heavy (non-hydrogen) atoms. The summed E-state index contributed by atoms with van der Waals surface area (Å²) in [5.74, 6) is -0.187. The minimum absolute atomic E-state index is 0.187. The van der Waals surface area contributed by atoms with E-state index in [-0.39, 0.29) is 5.82 Å². The number of halogens is 1. The van der Waals surface area contributed by atoms with Crippen LogP contribution in [-0.2, 0) is 6.54 Å². The molecule has 0 aliphatic carbocycles. The van der Waals surface area contributed by atoms with E-state index in [1.54, 1.807) is 23.9 Å². The lowest BCUT2D eigenvalue weighted by Crippen LogP contribution is -2.14. The molecule has 2 aromatic rings. The second kappa shape index (κ2) is 7.46. The summed E-state index contributed by atoms with van der Waals surface area (Å²) in [6, 6.07) is 13.2. The summed E-state index contributed by atoms with van der Waals surface area (Å²) in [6.45, 7) is 6.12. The molecule has 106 valence electrons. The second-order valence-electron chi connectivity index (χ2n) is 4.85. The third-order valence-electron chi connectivity index (χ3n) is 2.98. The Morgan fingerprint density at radius 3 is 2.75 bits per heavy atom. The molecule has 0 aromatic heterocycles. The molecule has 2 rings (SSSR count). The van der Waals surface area contributed by atoms with Gasteiger partial charge in [0.25, 0.3) is 0 Å². The van der Waals surface area contributed by atoms with E-state index < -0.39 is 0 Å². The van der Waals surface area contributed by atoms with Gasteiger partial charge in [-0.05, 0) is 49.7 Å². The van der Waals surface area contributed by atoms with Gasteiger partial charge in [0.2, 0.25) is 0 Å². The zero-order valence-corrected chi connectivity index (χ0v) is 12.8. The van der Waals surface area contributed by atoms with Crippen molar-refractivity contribution in [1.29, 1.82) is 0 Å². The Labute approximate surface area is 124 Å². The molecule has 0 saturated heterocycles. The number of hydrogen-bond acceptors (Lipinski definition) is 2. The summed E-state index contributed by atoms with van der Waals surface area (Å²) in [7, 11) is 0. The summed E-state index contributed by atoms with van der Waals surface area (Å²) >= 11 is 1.62. The Bertz CT molecular complexity index is 569. The van der Waals surface area contributed by atoms with Crippen LogP contribution in [0.25, 0.3) is 0 Å². The summed E-state index contributed by atoms with van der Waals surface area (Å²) in [5, 5.41) is 3.43. The van der Waals surface area contributed by atoms with Gasteiger partial charge in [-0.15, -0.1) is 0 Å². The number of nitrogens with one attached hydrogen (secondary N) is 1. The van der Waals surface area contributed by atoms with E-state index in [4.69, 9.17) is 0 Å². The molecular weight excluding hydrogens is 269 g/mol. The van der Waals surface area contributed by atoms with Gasteiger partial charge in [0.1, 0.15) is 5.82 Å². The van der Waals surface area contributed by atoms with Gasteiger partial charge in [0, 0.05) is 16.3 Å². The fourth-order valence-corrected chi connectivity index (χ4v) is 2.97. The van der Waals surface area contributed by atoms with Gasteiger partial charge < -0.3 is 5.32 Å². The van der Waals surface area contributed by atoms with E-state index in [2.05, 4.69) is 37.4 Å². The molecular formula is C17H20FNS. The van der Waals surface area contributed by atoms with Crippen LogP contribution in [0.3, 0.4) is 0 Å². The monoisotopic (exact) mass is 289 g/mol. The molecule has 0 heterocycles. The molecule has 0 bridgehead atoms. The first kappa shape index (κ1) is 15.1. The van der Waals surface area contributed by atoms with E-state index in [0.717, 1.165) is 24.4 Å². The lowest BCUT2D eigenvalue weighted by atomic mass is 10.1. The molecule has 1 N–H and O–H groups in total. The van der Waals surface area contributed by atoms with Gasteiger partial charge in [0.15, 0.2) is 0 Å². The minimum Gasteiger partial charge on any atom is -0.313 e. The lowest BCUT2D eigenvalue weighted by Gasteiger charge is -2.11. The fraction of sp³-hybridized carbons (Fsp3) is 0.294. The standard InChI is InChI=1S/C17H20FNS/c1-3-9-19-12-14-10-13(2)7-8-17(14)20-16-6-4-5-15(18)11-16/h4-8,10-11,19H,3,9,12H2,1-2H3. The molecule has 2 aromatic carbocycles. The highest BCUT2D eigenvalue weighted by molar-refractivity contribution is 7.99. The molecule has 0 fully saturated rings. The molecule has 0 unspecified atom stereocenters. The summed E-state index contributed by atoms with van der Waals surface area (Å²) in [6.07, 6.45) is 1.12. The van der Waals surface area contributed by atoms with E-state index in [1.165, 1.54) is 22.1 Å². The van der Waals surface area contributed by atoms with Crippen LogP contribution in [0.15, 0.2) is 52.3 Å². The zero-order valence-electron chi connectivity index (χ0n) is 11.9. The predicted molar refractivity (Wildman–Crippen MR) is 83.7 cm³/mol. The van der Waals surface area contributed by atoms with Gasteiger partial charge >= 0.3 is 0 Å². The number of benzene rings is 2. The summed E-state index contributed by atoms with van der Waals surface area (Å²) in [5.41, 5.74) is 2.52. The summed E-state index contributed by atoms with van der Waals surface area (Å²) < 4.78 is 13.3.